The van der Waals surface area contributed by atoms with Crippen LogP contribution in [0, 0.1) is 0 Å². The fourth-order valence-corrected chi connectivity index (χ4v) is 3.03. The standard InChI is InChI=1S/C19H18N4O4/c1-26-11-9-21-18(24)16-7-6-13(27-16)12-23-17-14(4-2-8-20-17)22-10-3-5-15(22)19(23)25/h2-8,10H,9,11-12H2,1H3,(H,21,24). The zero-order valence-corrected chi connectivity index (χ0v) is 14.7. The van der Waals surface area contributed by atoms with Crippen LogP contribution in [0.3, 0.4) is 0 Å². The molecule has 4 heterocycles. The van der Waals surface area contributed by atoms with Crippen LogP contribution in [-0.4, -0.2) is 40.1 Å². The number of amides is 1. The van der Waals surface area contributed by atoms with Gasteiger partial charge < -0.3 is 18.9 Å². The first-order chi connectivity index (χ1) is 13.2. The van der Waals surface area contributed by atoms with E-state index in [0.717, 1.165) is 5.52 Å². The zero-order chi connectivity index (χ0) is 18.8. The van der Waals surface area contributed by atoms with Gasteiger partial charge in [0.15, 0.2) is 11.4 Å². The second-order valence-electron chi connectivity index (χ2n) is 6.02. The maximum absolute atomic E-state index is 12.9. The van der Waals surface area contributed by atoms with Crippen molar-refractivity contribution in [1.82, 2.24) is 19.3 Å². The highest BCUT2D eigenvalue weighted by atomic mass is 16.5. The number of nitrogens with one attached hydrogen (secondary N) is 1. The predicted molar refractivity (Wildman–Crippen MR) is 99.0 cm³/mol. The van der Waals surface area contributed by atoms with Crippen molar-refractivity contribution in [3.63, 3.8) is 0 Å². The number of methoxy groups -OCH3 is 1. The monoisotopic (exact) mass is 366 g/mol. The highest BCUT2D eigenvalue weighted by molar-refractivity contribution is 5.91. The smallest absolute Gasteiger partial charge is 0.287 e. The zero-order valence-electron chi connectivity index (χ0n) is 14.7. The van der Waals surface area contributed by atoms with Gasteiger partial charge in [0.1, 0.15) is 11.3 Å². The number of furan rings is 1. The van der Waals surface area contributed by atoms with Gasteiger partial charge in [0, 0.05) is 26.0 Å². The van der Waals surface area contributed by atoms with Gasteiger partial charge in [-0.15, -0.1) is 0 Å². The Morgan fingerprint density at radius 3 is 2.93 bits per heavy atom. The highest BCUT2D eigenvalue weighted by Crippen LogP contribution is 2.15. The molecule has 1 N–H and O–H groups in total. The molecule has 0 saturated heterocycles. The van der Waals surface area contributed by atoms with E-state index in [-0.39, 0.29) is 23.8 Å². The molecule has 0 atom stereocenters. The molecule has 0 radical (unpaired) electrons. The van der Waals surface area contributed by atoms with Gasteiger partial charge in [0.2, 0.25) is 0 Å². The van der Waals surface area contributed by atoms with E-state index >= 15 is 0 Å². The van der Waals surface area contributed by atoms with Gasteiger partial charge in [-0.2, -0.15) is 0 Å². The fraction of sp³-hybridized carbons (Fsp3) is 0.211. The summed E-state index contributed by atoms with van der Waals surface area (Å²) in [7, 11) is 1.56. The fourth-order valence-electron chi connectivity index (χ4n) is 3.03. The van der Waals surface area contributed by atoms with Gasteiger partial charge in [0.05, 0.1) is 18.7 Å². The van der Waals surface area contributed by atoms with Crippen LogP contribution in [0.1, 0.15) is 16.3 Å². The summed E-state index contributed by atoms with van der Waals surface area (Å²) in [5.41, 5.74) is 1.75. The lowest BCUT2D eigenvalue weighted by Crippen LogP contribution is -2.26. The molecule has 0 aliphatic carbocycles. The third-order valence-corrected chi connectivity index (χ3v) is 4.29. The van der Waals surface area contributed by atoms with Crippen molar-refractivity contribution in [2.75, 3.05) is 20.3 Å². The minimum Gasteiger partial charge on any atom is -0.454 e. The van der Waals surface area contributed by atoms with Crippen LogP contribution in [0.25, 0.3) is 16.7 Å². The second-order valence-corrected chi connectivity index (χ2v) is 6.02. The Bertz CT molecular complexity index is 1170. The maximum Gasteiger partial charge on any atom is 0.287 e. The van der Waals surface area contributed by atoms with Crippen molar-refractivity contribution >= 4 is 22.6 Å². The normalized spacial score (nSPS) is 11.3. The SMILES string of the molecule is COCCNC(=O)c1ccc(Cn2c(=O)c3cccn3c3cccnc32)o1. The number of carbonyl (C=O) groups is 1. The Labute approximate surface area is 154 Å². The van der Waals surface area contributed by atoms with Crippen LogP contribution in [-0.2, 0) is 11.3 Å². The van der Waals surface area contributed by atoms with Gasteiger partial charge in [0.25, 0.3) is 11.5 Å². The molecule has 0 aliphatic rings. The first-order valence-corrected chi connectivity index (χ1v) is 8.49. The lowest BCUT2D eigenvalue weighted by Gasteiger charge is -2.10. The lowest BCUT2D eigenvalue weighted by atomic mass is 10.3. The molecule has 0 saturated carbocycles. The van der Waals surface area contributed by atoms with Gasteiger partial charge in [-0.05, 0) is 36.4 Å². The molecule has 4 aromatic rings. The predicted octanol–water partition coefficient (Wildman–Crippen LogP) is 1.67. The molecule has 0 unspecified atom stereocenters. The average Bonchev–Trinajstić information content (AvgIpc) is 3.35. The van der Waals surface area contributed by atoms with E-state index in [2.05, 4.69) is 10.3 Å². The van der Waals surface area contributed by atoms with E-state index in [1.165, 1.54) is 0 Å². The number of carbonyl (C=O) groups excluding carboxylic acids is 1. The summed E-state index contributed by atoms with van der Waals surface area (Å²) in [6, 6.07) is 10.6. The number of pyridine rings is 1. The molecule has 8 heteroatoms. The summed E-state index contributed by atoms with van der Waals surface area (Å²) in [4.78, 5) is 29.3. The van der Waals surface area contributed by atoms with Crippen LogP contribution in [0.15, 0.2) is 58.0 Å². The number of aromatic nitrogens is 3. The summed E-state index contributed by atoms with van der Waals surface area (Å²) in [6.07, 6.45) is 3.48. The Kier molecular flexibility index (Phi) is 4.47. The number of nitrogens with zero attached hydrogens (tertiary/aromatic N) is 3. The van der Waals surface area contributed by atoms with Gasteiger partial charge in [-0.25, -0.2) is 4.98 Å². The molecule has 1 amide bonds. The minimum atomic E-state index is -0.323. The van der Waals surface area contributed by atoms with Gasteiger partial charge >= 0.3 is 0 Å². The summed E-state index contributed by atoms with van der Waals surface area (Å²) in [5, 5.41) is 2.70. The third kappa shape index (κ3) is 3.11. The topological polar surface area (TPSA) is 90.8 Å². The second kappa shape index (κ2) is 7.08. The lowest BCUT2D eigenvalue weighted by molar-refractivity contribution is 0.0907. The maximum atomic E-state index is 12.9. The van der Waals surface area contributed by atoms with Crippen molar-refractivity contribution in [2.45, 2.75) is 6.54 Å². The largest absolute Gasteiger partial charge is 0.454 e. The molecule has 0 fully saturated rings. The van der Waals surface area contributed by atoms with E-state index < -0.39 is 0 Å². The molecule has 4 rings (SSSR count). The summed E-state index contributed by atoms with van der Waals surface area (Å²) < 4.78 is 13.9. The number of hydrogen-bond donors (Lipinski definition) is 1. The first kappa shape index (κ1) is 17.0. The van der Waals surface area contributed by atoms with Crippen LogP contribution >= 0.6 is 0 Å². The van der Waals surface area contributed by atoms with E-state index in [1.807, 2.05) is 28.8 Å². The van der Waals surface area contributed by atoms with Gasteiger partial charge in [-0.3, -0.25) is 14.2 Å². The van der Waals surface area contributed by atoms with Crippen LogP contribution in [0.2, 0.25) is 0 Å². The number of fused-ring (bicyclic) bond motifs is 3. The van der Waals surface area contributed by atoms with Crippen molar-refractivity contribution < 1.29 is 13.9 Å². The average molecular weight is 366 g/mol. The van der Waals surface area contributed by atoms with Crippen molar-refractivity contribution in [1.29, 1.82) is 0 Å². The Morgan fingerprint density at radius 2 is 2.07 bits per heavy atom. The molecule has 0 bridgehead atoms. The summed E-state index contributed by atoms with van der Waals surface area (Å²) in [6.45, 7) is 0.993. The van der Waals surface area contributed by atoms with E-state index in [9.17, 15) is 9.59 Å². The molecule has 8 nitrogen and oxygen atoms in total. The molecule has 0 aliphatic heterocycles. The number of ether oxygens (including phenoxy) is 1. The number of hydrogen-bond acceptors (Lipinski definition) is 5. The third-order valence-electron chi connectivity index (χ3n) is 4.29. The first-order valence-electron chi connectivity index (χ1n) is 8.49. The van der Waals surface area contributed by atoms with E-state index in [0.29, 0.717) is 30.1 Å². The van der Waals surface area contributed by atoms with Crippen molar-refractivity contribution in [2.24, 2.45) is 0 Å². The molecular weight excluding hydrogens is 348 g/mol. The molecule has 4 aromatic heterocycles. The quantitative estimate of drug-likeness (QED) is 0.524. The Balaban J connectivity index is 1.69. The van der Waals surface area contributed by atoms with Crippen LogP contribution in [0.5, 0.6) is 0 Å². The Morgan fingerprint density at radius 1 is 1.22 bits per heavy atom. The van der Waals surface area contributed by atoms with E-state index in [1.54, 1.807) is 36.1 Å². The molecule has 0 spiro atoms. The summed E-state index contributed by atoms with van der Waals surface area (Å²) >= 11 is 0. The van der Waals surface area contributed by atoms with Crippen LogP contribution in [0.4, 0.5) is 0 Å². The van der Waals surface area contributed by atoms with Crippen molar-refractivity contribution in [3.8, 4) is 0 Å². The highest BCUT2D eigenvalue weighted by Gasteiger charge is 2.15. The minimum absolute atomic E-state index is 0.173. The van der Waals surface area contributed by atoms with Gasteiger partial charge in [-0.1, -0.05) is 0 Å². The molecule has 0 aromatic carbocycles. The Hall–Kier alpha value is -3.39. The molecular formula is C19H18N4O4. The molecule has 138 valence electrons. The van der Waals surface area contributed by atoms with E-state index in [4.69, 9.17) is 9.15 Å². The summed E-state index contributed by atoms with van der Waals surface area (Å²) in [5.74, 6) is 0.364. The number of rotatable bonds is 6. The molecule has 27 heavy (non-hydrogen) atoms. The van der Waals surface area contributed by atoms with Crippen molar-refractivity contribution in [3.05, 3.63) is 70.7 Å². The van der Waals surface area contributed by atoms with Crippen LogP contribution < -0.4 is 10.9 Å².